The SMILES string of the molecule is O=C1c2ccccc2C(=O)N1CC1CCC(CSc2cccc3ccccc23)CC1. The Balaban J connectivity index is 1.16. The van der Waals surface area contributed by atoms with Crippen molar-refractivity contribution < 1.29 is 9.59 Å². The van der Waals surface area contributed by atoms with E-state index in [-0.39, 0.29) is 11.8 Å². The molecule has 2 amide bonds. The number of carbonyl (C=O) groups excluding carboxylic acids is 2. The van der Waals surface area contributed by atoms with Gasteiger partial charge in [-0.05, 0) is 66.5 Å². The molecule has 1 aliphatic carbocycles. The second-order valence-electron chi connectivity index (χ2n) is 8.44. The molecule has 1 saturated carbocycles. The number of carbonyl (C=O) groups is 2. The number of nitrogens with zero attached hydrogens (tertiary/aromatic N) is 1. The van der Waals surface area contributed by atoms with E-state index in [0.717, 1.165) is 18.6 Å². The average molecular weight is 416 g/mol. The first-order valence-corrected chi connectivity index (χ1v) is 11.7. The molecule has 30 heavy (non-hydrogen) atoms. The zero-order valence-corrected chi connectivity index (χ0v) is 17.7. The summed E-state index contributed by atoms with van der Waals surface area (Å²) in [5.74, 6) is 2.01. The Morgan fingerprint density at radius 1 is 0.733 bits per heavy atom. The smallest absolute Gasteiger partial charge is 0.261 e. The Kier molecular flexibility index (Phi) is 5.34. The molecule has 2 aliphatic rings. The third kappa shape index (κ3) is 3.65. The minimum absolute atomic E-state index is 0.121. The van der Waals surface area contributed by atoms with Gasteiger partial charge in [0, 0.05) is 17.2 Å². The van der Waals surface area contributed by atoms with Crippen molar-refractivity contribution in [2.75, 3.05) is 12.3 Å². The second kappa shape index (κ2) is 8.27. The van der Waals surface area contributed by atoms with E-state index in [2.05, 4.69) is 42.5 Å². The summed E-state index contributed by atoms with van der Waals surface area (Å²) in [5.41, 5.74) is 1.12. The lowest BCUT2D eigenvalue weighted by Crippen LogP contribution is -2.36. The van der Waals surface area contributed by atoms with Crippen molar-refractivity contribution >= 4 is 34.3 Å². The highest BCUT2D eigenvalue weighted by molar-refractivity contribution is 7.99. The van der Waals surface area contributed by atoms with Crippen molar-refractivity contribution in [2.45, 2.75) is 30.6 Å². The number of rotatable bonds is 5. The number of fused-ring (bicyclic) bond motifs is 2. The third-order valence-corrected chi connectivity index (χ3v) is 7.81. The zero-order valence-electron chi connectivity index (χ0n) is 16.9. The van der Waals surface area contributed by atoms with Crippen molar-refractivity contribution in [2.24, 2.45) is 11.8 Å². The number of hydrogen-bond donors (Lipinski definition) is 0. The Morgan fingerprint density at radius 3 is 2.07 bits per heavy atom. The minimum atomic E-state index is -0.121. The van der Waals surface area contributed by atoms with E-state index in [1.54, 1.807) is 12.1 Å². The van der Waals surface area contributed by atoms with Gasteiger partial charge < -0.3 is 0 Å². The minimum Gasteiger partial charge on any atom is -0.274 e. The van der Waals surface area contributed by atoms with Crippen LogP contribution in [-0.4, -0.2) is 29.0 Å². The topological polar surface area (TPSA) is 37.4 Å². The molecule has 4 heteroatoms. The van der Waals surface area contributed by atoms with Crippen LogP contribution in [0.5, 0.6) is 0 Å². The van der Waals surface area contributed by atoms with Crippen molar-refractivity contribution in [3.63, 3.8) is 0 Å². The fourth-order valence-electron chi connectivity index (χ4n) is 4.77. The van der Waals surface area contributed by atoms with Gasteiger partial charge in [-0.3, -0.25) is 14.5 Å². The number of amides is 2. The van der Waals surface area contributed by atoms with Crippen LogP contribution in [0.3, 0.4) is 0 Å². The molecule has 3 nitrogen and oxygen atoms in total. The van der Waals surface area contributed by atoms with Crippen molar-refractivity contribution in [3.8, 4) is 0 Å². The summed E-state index contributed by atoms with van der Waals surface area (Å²) in [4.78, 5) is 28.1. The molecule has 5 rings (SSSR count). The fourth-order valence-corrected chi connectivity index (χ4v) is 6.04. The summed E-state index contributed by atoms with van der Waals surface area (Å²) < 4.78 is 0. The molecule has 0 saturated heterocycles. The van der Waals surface area contributed by atoms with E-state index < -0.39 is 0 Å². The zero-order chi connectivity index (χ0) is 20.5. The third-order valence-electron chi connectivity index (χ3n) is 6.51. The van der Waals surface area contributed by atoms with Crippen molar-refractivity contribution in [3.05, 3.63) is 77.9 Å². The lowest BCUT2D eigenvalue weighted by molar-refractivity contribution is 0.0612. The molecule has 152 valence electrons. The van der Waals surface area contributed by atoms with Crippen LogP contribution in [0.1, 0.15) is 46.4 Å². The summed E-state index contributed by atoms with van der Waals surface area (Å²) in [5, 5.41) is 2.64. The molecule has 0 radical (unpaired) electrons. The number of benzene rings is 3. The fraction of sp³-hybridized carbons (Fsp3) is 0.308. The quantitative estimate of drug-likeness (QED) is 0.377. The number of imide groups is 1. The van der Waals surface area contributed by atoms with Gasteiger partial charge in [-0.1, -0.05) is 48.5 Å². The second-order valence-corrected chi connectivity index (χ2v) is 9.50. The maximum absolute atomic E-state index is 12.6. The molecule has 1 fully saturated rings. The molecule has 0 aromatic heterocycles. The molecular weight excluding hydrogens is 390 g/mol. The van der Waals surface area contributed by atoms with Gasteiger partial charge in [0.15, 0.2) is 0 Å². The molecule has 3 aromatic rings. The maximum Gasteiger partial charge on any atom is 0.261 e. The van der Waals surface area contributed by atoms with Crippen LogP contribution in [0.4, 0.5) is 0 Å². The van der Waals surface area contributed by atoms with Gasteiger partial charge in [0.1, 0.15) is 0 Å². The highest BCUT2D eigenvalue weighted by atomic mass is 32.2. The Morgan fingerprint density at radius 2 is 1.33 bits per heavy atom. The predicted molar refractivity (Wildman–Crippen MR) is 122 cm³/mol. The average Bonchev–Trinajstić information content (AvgIpc) is 3.03. The van der Waals surface area contributed by atoms with Crippen LogP contribution in [0.2, 0.25) is 0 Å². The summed E-state index contributed by atoms with van der Waals surface area (Å²) in [6.45, 7) is 0.565. The highest BCUT2D eigenvalue weighted by Crippen LogP contribution is 2.36. The van der Waals surface area contributed by atoms with Crippen LogP contribution < -0.4 is 0 Å². The van der Waals surface area contributed by atoms with Gasteiger partial charge in [-0.15, -0.1) is 11.8 Å². The van der Waals surface area contributed by atoms with Crippen LogP contribution in [0, 0.1) is 11.8 Å². The van der Waals surface area contributed by atoms with Crippen LogP contribution >= 0.6 is 11.8 Å². The molecule has 1 heterocycles. The summed E-state index contributed by atoms with van der Waals surface area (Å²) >= 11 is 1.96. The molecule has 0 bridgehead atoms. The molecular formula is C26H25NO2S. The highest BCUT2D eigenvalue weighted by Gasteiger charge is 2.37. The predicted octanol–water partition coefficient (Wildman–Crippen LogP) is 6.03. The van der Waals surface area contributed by atoms with Crippen LogP contribution in [-0.2, 0) is 0 Å². The van der Waals surface area contributed by atoms with Crippen molar-refractivity contribution in [1.82, 2.24) is 4.90 Å². The summed E-state index contributed by atoms with van der Waals surface area (Å²) in [7, 11) is 0. The first-order valence-electron chi connectivity index (χ1n) is 10.8. The Labute approximate surface area is 181 Å². The normalized spacial score (nSPS) is 21.3. The monoisotopic (exact) mass is 415 g/mol. The van der Waals surface area contributed by atoms with E-state index in [1.165, 1.54) is 33.4 Å². The standard InChI is InChI=1S/C26H25NO2S/c28-25-22-9-3-4-10-23(22)26(29)27(25)16-18-12-14-19(15-13-18)17-30-24-11-5-7-20-6-1-2-8-21(20)24/h1-11,18-19H,12-17H2. The molecule has 0 spiro atoms. The Hall–Kier alpha value is -2.59. The van der Waals surface area contributed by atoms with Gasteiger partial charge in [-0.2, -0.15) is 0 Å². The van der Waals surface area contributed by atoms with Gasteiger partial charge >= 0.3 is 0 Å². The molecule has 3 aromatic carbocycles. The molecule has 0 atom stereocenters. The van der Waals surface area contributed by atoms with Crippen molar-refractivity contribution in [1.29, 1.82) is 0 Å². The number of thioether (sulfide) groups is 1. The summed E-state index contributed by atoms with van der Waals surface area (Å²) in [6.07, 6.45) is 4.53. The van der Waals surface area contributed by atoms with E-state index in [1.807, 2.05) is 23.9 Å². The lowest BCUT2D eigenvalue weighted by Gasteiger charge is -2.30. The largest absolute Gasteiger partial charge is 0.274 e. The summed E-state index contributed by atoms with van der Waals surface area (Å²) in [6, 6.07) is 22.3. The van der Waals surface area contributed by atoms with Crippen LogP contribution in [0.25, 0.3) is 10.8 Å². The molecule has 0 unspecified atom stereocenters. The van der Waals surface area contributed by atoms with Crippen LogP contribution in [0.15, 0.2) is 71.6 Å². The van der Waals surface area contributed by atoms with E-state index in [4.69, 9.17) is 0 Å². The first-order chi connectivity index (χ1) is 14.7. The van der Waals surface area contributed by atoms with Gasteiger partial charge in [0.25, 0.3) is 11.8 Å². The van der Waals surface area contributed by atoms with Gasteiger partial charge in [-0.25, -0.2) is 0 Å². The maximum atomic E-state index is 12.6. The number of hydrogen-bond acceptors (Lipinski definition) is 3. The first kappa shape index (κ1) is 19.4. The lowest BCUT2D eigenvalue weighted by atomic mass is 9.82. The van der Waals surface area contributed by atoms with Gasteiger partial charge in [0.05, 0.1) is 11.1 Å². The van der Waals surface area contributed by atoms with E-state index in [0.29, 0.717) is 29.5 Å². The van der Waals surface area contributed by atoms with E-state index in [9.17, 15) is 9.59 Å². The van der Waals surface area contributed by atoms with E-state index >= 15 is 0 Å². The Bertz CT molecular complexity index is 1060. The molecule has 1 aliphatic heterocycles. The van der Waals surface area contributed by atoms with Gasteiger partial charge in [0.2, 0.25) is 0 Å². The molecule has 0 N–H and O–H groups in total.